The molecule has 0 aliphatic rings. The van der Waals surface area contributed by atoms with Crippen molar-refractivity contribution in [3.8, 4) is 11.5 Å². The molecule has 7 heteroatoms. The molecule has 1 aromatic heterocycles. The Morgan fingerprint density at radius 1 is 1.04 bits per heavy atom. The lowest BCUT2D eigenvalue weighted by Gasteiger charge is -2.09. The van der Waals surface area contributed by atoms with Gasteiger partial charge in [-0.2, -0.15) is 0 Å². The Kier molecular flexibility index (Phi) is 4.83. The molecule has 1 heterocycles. The van der Waals surface area contributed by atoms with Crippen molar-refractivity contribution in [1.82, 2.24) is 10.2 Å². The van der Waals surface area contributed by atoms with E-state index in [1.807, 2.05) is 0 Å². The van der Waals surface area contributed by atoms with Gasteiger partial charge in [-0.1, -0.05) is 12.1 Å². The van der Waals surface area contributed by atoms with Crippen molar-refractivity contribution < 1.29 is 22.7 Å². The van der Waals surface area contributed by atoms with Crippen molar-refractivity contribution in [2.75, 3.05) is 0 Å². The van der Waals surface area contributed by atoms with Crippen LogP contribution in [0.5, 0.6) is 0 Å². The number of hydrogen-bond acceptors (Lipinski definition) is 5. The summed E-state index contributed by atoms with van der Waals surface area (Å²) in [6.07, 6.45) is -0.738. The lowest BCUT2D eigenvalue weighted by atomic mass is 10.1. The number of carbonyl (C=O) groups is 1. The third-order valence-electron chi connectivity index (χ3n) is 3.45. The standard InChI is InChI=1S/C18H14F2N2O3/c1-11(24-16(23)10-12-2-6-14(19)7-3-12)17-21-22-18(25-17)13-4-8-15(20)9-5-13/h2-9,11H,10H2,1H3/t11-/m0/s1. The number of aromatic nitrogens is 2. The summed E-state index contributed by atoms with van der Waals surface area (Å²) in [4.78, 5) is 11.9. The van der Waals surface area contributed by atoms with Crippen LogP contribution in [-0.4, -0.2) is 16.2 Å². The molecule has 0 aliphatic heterocycles. The van der Waals surface area contributed by atoms with Gasteiger partial charge in [-0.3, -0.25) is 4.79 Å². The minimum atomic E-state index is -0.741. The van der Waals surface area contributed by atoms with Crippen LogP contribution in [-0.2, 0) is 16.0 Å². The van der Waals surface area contributed by atoms with Crippen molar-refractivity contribution in [2.45, 2.75) is 19.4 Å². The third-order valence-corrected chi connectivity index (χ3v) is 3.45. The SMILES string of the molecule is C[C@H](OC(=O)Cc1ccc(F)cc1)c1nnc(-c2ccc(F)cc2)o1. The molecular weight excluding hydrogens is 330 g/mol. The first kappa shape index (κ1) is 16.8. The van der Waals surface area contributed by atoms with Gasteiger partial charge in [-0.25, -0.2) is 8.78 Å². The molecule has 1 atom stereocenters. The van der Waals surface area contributed by atoms with E-state index >= 15 is 0 Å². The van der Waals surface area contributed by atoms with E-state index < -0.39 is 12.1 Å². The second-order valence-corrected chi connectivity index (χ2v) is 5.39. The molecular formula is C18H14F2N2O3. The Morgan fingerprint density at radius 3 is 2.28 bits per heavy atom. The van der Waals surface area contributed by atoms with E-state index in [0.29, 0.717) is 11.1 Å². The van der Waals surface area contributed by atoms with Gasteiger partial charge in [-0.05, 0) is 48.9 Å². The predicted molar refractivity (Wildman–Crippen MR) is 84.3 cm³/mol. The molecule has 25 heavy (non-hydrogen) atoms. The molecule has 0 saturated carbocycles. The van der Waals surface area contributed by atoms with Crippen LogP contribution in [0.25, 0.3) is 11.5 Å². The fraction of sp³-hybridized carbons (Fsp3) is 0.167. The average molecular weight is 344 g/mol. The minimum Gasteiger partial charge on any atom is -0.452 e. The molecule has 0 unspecified atom stereocenters. The maximum atomic E-state index is 12.9. The van der Waals surface area contributed by atoms with Gasteiger partial charge in [0.2, 0.25) is 5.89 Å². The first-order valence-corrected chi connectivity index (χ1v) is 7.54. The monoisotopic (exact) mass is 344 g/mol. The normalized spacial score (nSPS) is 12.0. The van der Waals surface area contributed by atoms with Gasteiger partial charge in [0.05, 0.1) is 6.42 Å². The molecule has 5 nitrogen and oxygen atoms in total. The van der Waals surface area contributed by atoms with Gasteiger partial charge in [0.25, 0.3) is 5.89 Å². The van der Waals surface area contributed by atoms with E-state index in [1.54, 1.807) is 6.92 Å². The Labute approximate surface area is 142 Å². The van der Waals surface area contributed by atoms with Gasteiger partial charge in [0.15, 0.2) is 6.10 Å². The highest BCUT2D eigenvalue weighted by molar-refractivity contribution is 5.72. The van der Waals surface area contributed by atoms with Gasteiger partial charge < -0.3 is 9.15 Å². The summed E-state index contributed by atoms with van der Waals surface area (Å²) < 4.78 is 36.5. The fourth-order valence-corrected chi connectivity index (χ4v) is 2.17. The third kappa shape index (κ3) is 4.26. The van der Waals surface area contributed by atoms with E-state index in [0.717, 1.165) is 0 Å². The maximum Gasteiger partial charge on any atom is 0.311 e. The zero-order valence-electron chi connectivity index (χ0n) is 13.3. The number of nitrogens with zero attached hydrogens (tertiary/aromatic N) is 2. The number of halogens is 2. The van der Waals surface area contributed by atoms with Gasteiger partial charge in [0, 0.05) is 5.56 Å². The highest BCUT2D eigenvalue weighted by Gasteiger charge is 2.19. The van der Waals surface area contributed by atoms with E-state index in [9.17, 15) is 13.6 Å². The first-order valence-electron chi connectivity index (χ1n) is 7.54. The number of hydrogen-bond donors (Lipinski definition) is 0. The molecule has 0 saturated heterocycles. The van der Waals surface area contributed by atoms with Gasteiger partial charge in [-0.15, -0.1) is 10.2 Å². The number of ether oxygens (including phenoxy) is 1. The van der Waals surface area contributed by atoms with Crippen molar-refractivity contribution in [2.24, 2.45) is 0 Å². The lowest BCUT2D eigenvalue weighted by Crippen LogP contribution is -2.11. The Balaban J connectivity index is 1.63. The summed E-state index contributed by atoms with van der Waals surface area (Å²) in [7, 11) is 0. The summed E-state index contributed by atoms with van der Waals surface area (Å²) in [6, 6.07) is 11.2. The van der Waals surface area contributed by atoms with Crippen LogP contribution in [0.2, 0.25) is 0 Å². The quantitative estimate of drug-likeness (QED) is 0.658. The van der Waals surface area contributed by atoms with Crippen LogP contribution in [0.4, 0.5) is 8.78 Å². The Bertz CT molecular complexity index is 861. The van der Waals surface area contributed by atoms with Crippen LogP contribution < -0.4 is 0 Å². The molecule has 3 rings (SSSR count). The number of rotatable bonds is 5. The average Bonchev–Trinajstić information content (AvgIpc) is 3.08. The second-order valence-electron chi connectivity index (χ2n) is 5.39. The maximum absolute atomic E-state index is 12.9. The largest absolute Gasteiger partial charge is 0.452 e. The van der Waals surface area contributed by atoms with Crippen LogP contribution in [0.3, 0.4) is 0 Å². The van der Waals surface area contributed by atoms with Crippen LogP contribution in [0, 0.1) is 11.6 Å². The van der Waals surface area contributed by atoms with E-state index in [4.69, 9.17) is 9.15 Å². The highest BCUT2D eigenvalue weighted by atomic mass is 19.1. The lowest BCUT2D eigenvalue weighted by molar-refractivity contribution is -0.148. The summed E-state index contributed by atoms with van der Waals surface area (Å²) in [5.74, 6) is -0.903. The van der Waals surface area contributed by atoms with Gasteiger partial charge in [0.1, 0.15) is 11.6 Å². The minimum absolute atomic E-state index is 0.00355. The van der Waals surface area contributed by atoms with Crippen molar-refractivity contribution in [3.05, 3.63) is 71.6 Å². The number of carbonyl (C=O) groups excluding carboxylic acids is 1. The fourth-order valence-electron chi connectivity index (χ4n) is 2.17. The summed E-state index contributed by atoms with van der Waals surface area (Å²) in [5.41, 5.74) is 1.20. The molecule has 0 aliphatic carbocycles. The molecule has 0 radical (unpaired) electrons. The molecule has 0 spiro atoms. The second kappa shape index (κ2) is 7.21. The summed E-state index contributed by atoms with van der Waals surface area (Å²) in [5, 5.41) is 7.72. The smallest absolute Gasteiger partial charge is 0.311 e. The van der Waals surface area contributed by atoms with E-state index in [-0.39, 0.29) is 29.8 Å². The molecule has 128 valence electrons. The molecule has 0 fully saturated rings. The topological polar surface area (TPSA) is 65.2 Å². The highest BCUT2D eigenvalue weighted by Crippen LogP contribution is 2.22. The summed E-state index contributed by atoms with van der Waals surface area (Å²) >= 11 is 0. The zero-order chi connectivity index (χ0) is 17.8. The molecule has 0 N–H and O–H groups in total. The molecule has 0 amide bonds. The van der Waals surface area contributed by atoms with Crippen molar-refractivity contribution >= 4 is 5.97 Å². The molecule has 3 aromatic rings. The predicted octanol–water partition coefficient (Wildman–Crippen LogP) is 3.86. The van der Waals surface area contributed by atoms with Crippen molar-refractivity contribution in [3.63, 3.8) is 0 Å². The summed E-state index contributed by atoms with van der Waals surface area (Å²) in [6.45, 7) is 1.60. The first-order chi connectivity index (χ1) is 12.0. The van der Waals surface area contributed by atoms with Crippen molar-refractivity contribution in [1.29, 1.82) is 0 Å². The van der Waals surface area contributed by atoms with Crippen LogP contribution >= 0.6 is 0 Å². The molecule has 2 aromatic carbocycles. The van der Waals surface area contributed by atoms with E-state index in [1.165, 1.54) is 48.5 Å². The Morgan fingerprint density at radius 2 is 1.64 bits per heavy atom. The van der Waals surface area contributed by atoms with E-state index in [2.05, 4.69) is 10.2 Å². The van der Waals surface area contributed by atoms with Crippen LogP contribution in [0.1, 0.15) is 24.5 Å². The van der Waals surface area contributed by atoms with Crippen LogP contribution in [0.15, 0.2) is 52.9 Å². The molecule has 0 bridgehead atoms. The number of benzene rings is 2. The Hall–Kier alpha value is -3.09. The zero-order valence-corrected chi connectivity index (χ0v) is 13.3. The number of esters is 1. The van der Waals surface area contributed by atoms with Gasteiger partial charge >= 0.3 is 5.97 Å².